The maximum atomic E-state index is 9.01. The van der Waals surface area contributed by atoms with Crippen molar-refractivity contribution < 1.29 is 29.7 Å². The van der Waals surface area contributed by atoms with E-state index in [0.717, 1.165) is 61.4 Å². The predicted molar refractivity (Wildman–Crippen MR) is 241 cm³/mol. The number of pyridine rings is 1. The molecular formula is C54H53IrN3-2. The quantitative estimate of drug-likeness (QED) is 0.142. The number of nitrogens with zero attached hydrogens (tertiary/aromatic N) is 3. The molecule has 0 fully saturated rings. The Hall–Kier alpha value is -5.41. The van der Waals surface area contributed by atoms with Crippen molar-refractivity contribution in [1.82, 2.24) is 14.5 Å². The van der Waals surface area contributed by atoms with Gasteiger partial charge >= 0.3 is 0 Å². The van der Waals surface area contributed by atoms with Crippen molar-refractivity contribution in [1.29, 1.82) is 0 Å². The fraction of sp³-hybridized carbons (Fsp3) is 0.222. The second-order valence-electron chi connectivity index (χ2n) is 15.7. The van der Waals surface area contributed by atoms with Gasteiger partial charge in [-0.3, -0.25) is 4.98 Å². The van der Waals surface area contributed by atoms with Crippen molar-refractivity contribution in [3.8, 4) is 50.6 Å². The fourth-order valence-corrected chi connectivity index (χ4v) is 6.90. The third-order valence-electron chi connectivity index (χ3n) is 9.64. The molecule has 58 heavy (non-hydrogen) atoms. The maximum Gasteiger partial charge on any atom is 0.0774 e. The summed E-state index contributed by atoms with van der Waals surface area (Å²) in [6.45, 7) is 10.9. The largest absolute Gasteiger partial charge is 0.333 e. The first-order valence-corrected chi connectivity index (χ1v) is 19.3. The first kappa shape index (κ1) is 33.6. The standard InChI is InChI=1S/C32H31N2.C22H22N.Ir/c1-21(2)27-12-9-13-28(22(3)4)31(27)34-30-20-26(24-10-7-6-8-11-24)18-19-29(30)33-32(34)25-16-14-23(5)15-17-25;1-22(2,3)15-17-9-11-18(12-10-17)20-13-14-21(23-16-20)19-7-5-4-6-8-19;/h6-16,18-22H,1-5H3;4-7,9-14,16H,15H2,1-3H3;/q2*-1;/i5D3,21D,22D;15D2;. The normalized spacial score (nSPS) is 13.9. The molecule has 3 nitrogen and oxygen atoms in total. The zero-order chi connectivity index (χ0) is 46.2. The smallest absolute Gasteiger partial charge is 0.0774 e. The van der Waals surface area contributed by atoms with Gasteiger partial charge in [-0.2, -0.15) is 0 Å². The summed E-state index contributed by atoms with van der Waals surface area (Å²) in [5.74, 6) is -1.35. The number of para-hydroxylation sites is 1. The Kier molecular flexibility index (Phi) is 10.7. The summed E-state index contributed by atoms with van der Waals surface area (Å²) in [7, 11) is 0. The maximum absolute atomic E-state index is 9.01. The topological polar surface area (TPSA) is 30.7 Å². The van der Waals surface area contributed by atoms with Gasteiger partial charge < -0.3 is 9.55 Å². The Bertz CT molecular complexity index is 2820. The summed E-state index contributed by atoms with van der Waals surface area (Å²) in [4.78, 5) is 9.53. The molecule has 1 radical (unpaired) electrons. The molecule has 0 aliphatic carbocycles. The number of benzene rings is 6. The van der Waals surface area contributed by atoms with Crippen LogP contribution in [-0.4, -0.2) is 14.5 Å². The molecule has 2 aromatic heterocycles. The van der Waals surface area contributed by atoms with Crippen LogP contribution in [0.4, 0.5) is 0 Å². The number of imidazole rings is 1. The Morgan fingerprint density at radius 1 is 0.690 bits per heavy atom. The second kappa shape index (κ2) is 18.5. The molecule has 4 heteroatoms. The van der Waals surface area contributed by atoms with Crippen LogP contribution < -0.4 is 0 Å². The third-order valence-corrected chi connectivity index (χ3v) is 9.64. The van der Waals surface area contributed by atoms with E-state index < -0.39 is 30.4 Å². The van der Waals surface area contributed by atoms with E-state index in [1.165, 1.54) is 6.07 Å². The van der Waals surface area contributed by atoms with Gasteiger partial charge in [0.25, 0.3) is 0 Å². The van der Waals surface area contributed by atoms with Gasteiger partial charge in [0, 0.05) is 41.6 Å². The van der Waals surface area contributed by atoms with Crippen LogP contribution in [0.3, 0.4) is 0 Å². The van der Waals surface area contributed by atoms with Crippen LogP contribution in [0.1, 0.15) is 92.1 Å². The third kappa shape index (κ3) is 9.81. The summed E-state index contributed by atoms with van der Waals surface area (Å²) in [6.07, 6.45) is 0.473. The second-order valence-corrected chi connectivity index (χ2v) is 15.7. The van der Waals surface area contributed by atoms with Crippen LogP contribution in [0, 0.1) is 24.4 Å². The van der Waals surface area contributed by atoms with Crippen LogP contribution in [0.15, 0.2) is 152 Å². The molecule has 0 saturated carbocycles. The Balaban J connectivity index is 0.000000233. The van der Waals surface area contributed by atoms with Crippen molar-refractivity contribution in [2.24, 2.45) is 5.41 Å². The summed E-state index contributed by atoms with van der Waals surface area (Å²) in [5.41, 5.74) is 11.0. The SMILES string of the molecule is [2H]C([2H])([2H])c1c[c-]c(-c2nc3ccc(-c4ccccc4)cc3n2-c2c(C([2H])(C)C)cccc2C([2H])(C)C)cc1.[2H]C([2H])(c1ccc(-c2ccc(-c3[c-]cccc3)nc2)cc1)C(C)(C)C.[Ir]. The van der Waals surface area contributed by atoms with Crippen molar-refractivity contribution in [2.75, 3.05) is 0 Å². The van der Waals surface area contributed by atoms with Gasteiger partial charge in [-0.05, 0) is 80.3 Å². The van der Waals surface area contributed by atoms with Crippen LogP contribution in [0.25, 0.3) is 61.6 Å². The molecule has 8 rings (SSSR count). The van der Waals surface area contributed by atoms with Gasteiger partial charge in [0.15, 0.2) is 0 Å². The van der Waals surface area contributed by atoms with Crippen LogP contribution in [0.5, 0.6) is 0 Å². The minimum Gasteiger partial charge on any atom is -0.333 e. The van der Waals surface area contributed by atoms with Crippen molar-refractivity contribution in [2.45, 2.75) is 73.5 Å². The number of hydrogen-bond donors (Lipinski definition) is 0. The number of hydrogen-bond acceptors (Lipinski definition) is 2. The Labute approximate surface area is 369 Å². The monoisotopic (exact) mass is 943 g/mol. The molecule has 0 amide bonds. The van der Waals surface area contributed by atoms with Gasteiger partial charge in [0.1, 0.15) is 0 Å². The molecule has 0 bridgehead atoms. The van der Waals surface area contributed by atoms with Gasteiger partial charge in [-0.1, -0.05) is 146 Å². The van der Waals surface area contributed by atoms with Gasteiger partial charge in [-0.15, -0.1) is 71.3 Å². The number of aromatic nitrogens is 3. The molecule has 0 atom stereocenters. The van der Waals surface area contributed by atoms with E-state index >= 15 is 0 Å². The molecule has 0 saturated heterocycles. The molecular weight excluding hydrogens is 883 g/mol. The van der Waals surface area contributed by atoms with Gasteiger partial charge in [0.2, 0.25) is 0 Å². The molecule has 8 aromatic rings. The average molecular weight is 943 g/mol. The van der Waals surface area contributed by atoms with Crippen molar-refractivity contribution in [3.05, 3.63) is 186 Å². The van der Waals surface area contributed by atoms with Crippen LogP contribution >= 0.6 is 0 Å². The van der Waals surface area contributed by atoms with E-state index in [4.69, 9.17) is 14.6 Å². The summed E-state index contributed by atoms with van der Waals surface area (Å²) >= 11 is 0. The summed E-state index contributed by atoms with van der Waals surface area (Å²) in [6, 6.07) is 52.7. The number of aryl methyl sites for hydroxylation is 1. The van der Waals surface area contributed by atoms with E-state index in [-0.39, 0.29) is 25.7 Å². The zero-order valence-electron chi connectivity index (χ0n) is 41.1. The average Bonchev–Trinajstić information content (AvgIpc) is 3.64. The van der Waals surface area contributed by atoms with E-state index in [9.17, 15) is 0 Å². The van der Waals surface area contributed by atoms with E-state index in [2.05, 4.69) is 35.3 Å². The molecule has 0 unspecified atom stereocenters. The van der Waals surface area contributed by atoms with Crippen LogP contribution in [0.2, 0.25) is 0 Å². The summed E-state index contributed by atoms with van der Waals surface area (Å²) in [5, 5.41) is 0. The first-order chi connectivity index (χ1) is 30.0. The molecule has 0 aliphatic rings. The molecule has 0 aliphatic heterocycles. The molecule has 2 heterocycles. The predicted octanol–water partition coefficient (Wildman–Crippen LogP) is 14.5. The Morgan fingerprint density at radius 3 is 1.95 bits per heavy atom. The Morgan fingerprint density at radius 2 is 1.36 bits per heavy atom. The molecule has 295 valence electrons. The molecule has 0 N–H and O–H groups in total. The number of fused-ring (bicyclic) bond motifs is 1. The summed E-state index contributed by atoms with van der Waals surface area (Å²) < 4.78 is 60.1. The van der Waals surface area contributed by atoms with Crippen molar-refractivity contribution >= 4 is 11.0 Å². The van der Waals surface area contributed by atoms with Crippen LogP contribution in [-0.2, 0) is 26.5 Å². The van der Waals surface area contributed by atoms with E-state index in [0.29, 0.717) is 17.0 Å². The van der Waals surface area contributed by atoms with E-state index in [1.54, 1.807) is 12.1 Å². The minimum absolute atomic E-state index is 0. The molecule has 0 spiro atoms. The first-order valence-electron chi connectivity index (χ1n) is 22.8. The zero-order valence-corrected chi connectivity index (χ0v) is 36.5. The molecule has 6 aromatic carbocycles. The van der Waals surface area contributed by atoms with Crippen molar-refractivity contribution in [3.63, 3.8) is 0 Å². The minimum atomic E-state index is -2.23. The van der Waals surface area contributed by atoms with Gasteiger partial charge in [-0.25, -0.2) is 0 Å². The number of rotatable bonds is 8. The van der Waals surface area contributed by atoms with Gasteiger partial charge in [0.05, 0.1) is 16.9 Å². The fourth-order valence-electron chi connectivity index (χ4n) is 6.90. The van der Waals surface area contributed by atoms with E-state index in [1.807, 2.05) is 168 Å².